The molecular weight excluding hydrogens is 336 g/mol. The molecule has 21 heavy (non-hydrogen) atoms. The van der Waals surface area contributed by atoms with Gasteiger partial charge in [-0.05, 0) is 66.4 Å². The van der Waals surface area contributed by atoms with Crippen molar-refractivity contribution in [3.8, 4) is 5.75 Å². The number of anilines is 1. The van der Waals surface area contributed by atoms with Crippen LogP contribution in [0.1, 0.15) is 10.6 Å². The van der Waals surface area contributed by atoms with E-state index in [9.17, 15) is 4.79 Å². The Morgan fingerprint density at radius 2 is 1.95 bits per heavy atom. The fourth-order valence-electron chi connectivity index (χ4n) is 1.61. The molecule has 1 amide bonds. The van der Waals surface area contributed by atoms with Gasteiger partial charge in [0.2, 0.25) is 0 Å². The zero-order valence-corrected chi connectivity index (χ0v) is 13.5. The summed E-state index contributed by atoms with van der Waals surface area (Å²) in [6.45, 7) is 1.48. The average molecular weight is 353 g/mol. The van der Waals surface area contributed by atoms with Gasteiger partial charge in [-0.1, -0.05) is 0 Å². The van der Waals surface area contributed by atoms with Gasteiger partial charge in [0.25, 0.3) is 5.91 Å². The summed E-state index contributed by atoms with van der Waals surface area (Å²) in [6, 6.07) is 10.5. The van der Waals surface area contributed by atoms with Crippen molar-refractivity contribution in [2.75, 3.05) is 32.6 Å². The van der Waals surface area contributed by atoms with Crippen molar-refractivity contribution in [3.63, 3.8) is 0 Å². The molecule has 5 nitrogen and oxygen atoms in total. The number of halogens is 1. The molecule has 0 aliphatic carbocycles. The molecule has 0 atom stereocenters. The van der Waals surface area contributed by atoms with Gasteiger partial charge >= 0.3 is 0 Å². The van der Waals surface area contributed by atoms with E-state index in [4.69, 9.17) is 9.15 Å². The first-order chi connectivity index (χ1) is 10.0. The molecule has 0 aliphatic heterocycles. The van der Waals surface area contributed by atoms with Gasteiger partial charge in [-0.2, -0.15) is 0 Å². The second-order valence-corrected chi connectivity index (χ2v) is 5.52. The molecule has 1 N–H and O–H groups in total. The molecule has 0 unspecified atom stereocenters. The molecule has 1 heterocycles. The van der Waals surface area contributed by atoms with Crippen molar-refractivity contribution in [2.24, 2.45) is 0 Å². The second-order valence-electron chi connectivity index (χ2n) is 4.73. The lowest BCUT2D eigenvalue weighted by molar-refractivity contribution is 0.0995. The van der Waals surface area contributed by atoms with Crippen LogP contribution in [0, 0.1) is 0 Å². The summed E-state index contributed by atoms with van der Waals surface area (Å²) in [6.07, 6.45) is 0. The number of carbonyl (C=O) groups excluding carboxylic acids is 1. The summed E-state index contributed by atoms with van der Waals surface area (Å²) in [5.74, 6) is 0.741. The first-order valence-electron chi connectivity index (χ1n) is 6.49. The lowest BCUT2D eigenvalue weighted by Gasteiger charge is -2.11. The molecule has 0 aliphatic rings. The van der Waals surface area contributed by atoms with Crippen molar-refractivity contribution in [1.29, 1.82) is 0 Å². The van der Waals surface area contributed by atoms with Crippen LogP contribution in [0.5, 0.6) is 5.75 Å². The van der Waals surface area contributed by atoms with E-state index >= 15 is 0 Å². The predicted molar refractivity (Wildman–Crippen MR) is 84.9 cm³/mol. The van der Waals surface area contributed by atoms with Crippen LogP contribution in [-0.2, 0) is 0 Å². The van der Waals surface area contributed by atoms with Crippen LogP contribution in [-0.4, -0.2) is 38.1 Å². The Labute approximate surface area is 132 Å². The SMILES string of the molecule is CN(C)CCOc1ccc(NC(=O)c2ccc(Br)o2)cc1. The lowest BCUT2D eigenvalue weighted by atomic mass is 10.3. The van der Waals surface area contributed by atoms with E-state index in [1.165, 1.54) is 0 Å². The number of hydrogen-bond donors (Lipinski definition) is 1. The fraction of sp³-hybridized carbons (Fsp3) is 0.267. The highest BCUT2D eigenvalue weighted by Crippen LogP contribution is 2.18. The van der Waals surface area contributed by atoms with Gasteiger partial charge in [0.15, 0.2) is 10.4 Å². The maximum Gasteiger partial charge on any atom is 0.291 e. The summed E-state index contributed by atoms with van der Waals surface area (Å²) < 4.78 is 11.3. The number of amides is 1. The average Bonchev–Trinajstić information content (AvgIpc) is 2.87. The van der Waals surface area contributed by atoms with Crippen molar-refractivity contribution in [1.82, 2.24) is 4.90 Å². The van der Waals surface area contributed by atoms with Crippen molar-refractivity contribution in [3.05, 3.63) is 46.8 Å². The molecule has 112 valence electrons. The number of hydrogen-bond acceptors (Lipinski definition) is 4. The number of likely N-dealkylation sites (N-methyl/N-ethyl adjacent to an activating group) is 1. The van der Waals surface area contributed by atoms with E-state index in [1.807, 2.05) is 26.2 Å². The standard InChI is InChI=1S/C15H17BrN2O3/c1-18(2)9-10-20-12-5-3-11(4-6-12)17-15(19)13-7-8-14(16)21-13/h3-8H,9-10H2,1-2H3,(H,17,19). The van der Waals surface area contributed by atoms with Crippen LogP contribution in [0.15, 0.2) is 45.5 Å². The quantitative estimate of drug-likeness (QED) is 0.866. The van der Waals surface area contributed by atoms with Crippen molar-refractivity contribution >= 4 is 27.5 Å². The third-order valence-corrected chi connectivity index (χ3v) is 3.14. The topological polar surface area (TPSA) is 54.7 Å². The Morgan fingerprint density at radius 3 is 2.52 bits per heavy atom. The summed E-state index contributed by atoms with van der Waals surface area (Å²) in [7, 11) is 3.99. The number of nitrogens with zero attached hydrogens (tertiary/aromatic N) is 1. The van der Waals surface area contributed by atoms with Gasteiger partial charge < -0.3 is 19.4 Å². The molecule has 0 saturated carbocycles. The third-order valence-electron chi connectivity index (χ3n) is 2.72. The minimum absolute atomic E-state index is 0.258. The smallest absolute Gasteiger partial charge is 0.291 e. The van der Waals surface area contributed by atoms with Crippen LogP contribution in [0.4, 0.5) is 5.69 Å². The minimum Gasteiger partial charge on any atom is -0.492 e. The van der Waals surface area contributed by atoms with Gasteiger partial charge in [0, 0.05) is 12.2 Å². The van der Waals surface area contributed by atoms with E-state index < -0.39 is 0 Å². The normalized spacial score (nSPS) is 10.7. The Balaban J connectivity index is 1.88. The van der Waals surface area contributed by atoms with Crippen LogP contribution in [0.3, 0.4) is 0 Å². The Morgan fingerprint density at radius 1 is 1.24 bits per heavy atom. The lowest BCUT2D eigenvalue weighted by Crippen LogP contribution is -2.19. The van der Waals surface area contributed by atoms with E-state index in [-0.39, 0.29) is 11.7 Å². The number of ether oxygens (including phenoxy) is 1. The van der Waals surface area contributed by atoms with Gasteiger partial charge in [-0.25, -0.2) is 0 Å². The molecular formula is C15H17BrN2O3. The number of carbonyl (C=O) groups is 1. The highest BCUT2D eigenvalue weighted by atomic mass is 79.9. The molecule has 0 fully saturated rings. The maximum absolute atomic E-state index is 11.9. The van der Waals surface area contributed by atoms with Gasteiger partial charge in [0.05, 0.1) is 0 Å². The monoisotopic (exact) mass is 352 g/mol. The van der Waals surface area contributed by atoms with Crippen molar-refractivity contribution < 1.29 is 13.9 Å². The zero-order valence-electron chi connectivity index (χ0n) is 11.9. The van der Waals surface area contributed by atoms with Crippen LogP contribution >= 0.6 is 15.9 Å². The summed E-state index contributed by atoms with van der Waals surface area (Å²) in [5.41, 5.74) is 0.687. The number of rotatable bonds is 6. The molecule has 0 bridgehead atoms. The molecule has 0 saturated heterocycles. The number of benzene rings is 1. The first kappa shape index (κ1) is 15.6. The largest absolute Gasteiger partial charge is 0.492 e. The highest BCUT2D eigenvalue weighted by molar-refractivity contribution is 9.10. The maximum atomic E-state index is 11.9. The fourth-order valence-corrected chi connectivity index (χ4v) is 1.92. The predicted octanol–water partition coefficient (Wildman–Crippen LogP) is 3.23. The summed E-state index contributed by atoms with van der Waals surface area (Å²) >= 11 is 3.16. The molecule has 0 spiro atoms. The highest BCUT2D eigenvalue weighted by Gasteiger charge is 2.10. The van der Waals surface area contributed by atoms with E-state index in [0.717, 1.165) is 12.3 Å². The van der Waals surface area contributed by atoms with Gasteiger partial charge in [-0.15, -0.1) is 0 Å². The molecule has 2 aromatic rings. The summed E-state index contributed by atoms with van der Waals surface area (Å²) in [5, 5.41) is 2.76. The van der Waals surface area contributed by atoms with Crippen molar-refractivity contribution in [2.45, 2.75) is 0 Å². The second kappa shape index (κ2) is 7.28. The number of furan rings is 1. The van der Waals surface area contributed by atoms with Gasteiger partial charge in [-0.3, -0.25) is 4.79 Å². The van der Waals surface area contributed by atoms with Crippen LogP contribution in [0.25, 0.3) is 0 Å². The molecule has 1 aromatic heterocycles. The molecule has 1 aromatic carbocycles. The third kappa shape index (κ3) is 4.91. The molecule has 0 radical (unpaired) electrons. The van der Waals surface area contributed by atoms with E-state index in [0.29, 0.717) is 17.0 Å². The van der Waals surface area contributed by atoms with Gasteiger partial charge in [0.1, 0.15) is 12.4 Å². The summed E-state index contributed by atoms with van der Waals surface area (Å²) in [4.78, 5) is 13.9. The zero-order chi connectivity index (χ0) is 15.2. The van der Waals surface area contributed by atoms with E-state index in [1.54, 1.807) is 24.3 Å². The number of nitrogens with one attached hydrogen (secondary N) is 1. The van der Waals surface area contributed by atoms with E-state index in [2.05, 4.69) is 26.1 Å². The Bertz CT molecular complexity index is 593. The Kier molecular flexibility index (Phi) is 5.41. The molecule has 2 rings (SSSR count). The first-order valence-corrected chi connectivity index (χ1v) is 7.28. The Hall–Kier alpha value is -1.79. The minimum atomic E-state index is -0.290. The van der Waals surface area contributed by atoms with Crippen LogP contribution < -0.4 is 10.1 Å². The van der Waals surface area contributed by atoms with Crippen LogP contribution in [0.2, 0.25) is 0 Å². The molecule has 6 heteroatoms.